The molecule has 14 aromatic carbocycles. The highest BCUT2D eigenvalue weighted by atomic mass is 15.0. The van der Waals surface area contributed by atoms with E-state index in [0.717, 1.165) is 78.2 Å². The molecule has 454 valence electrons. The average molecular weight is 1240 g/mol. The number of nitrogens with zero attached hydrogens (tertiary/aromatic N) is 5. The van der Waals surface area contributed by atoms with E-state index in [1.54, 1.807) is 0 Å². The molecule has 21 rings (SSSR count). The SMILES string of the molecule is CC1(C)c2ccccc2-c2ccc(-n3c4ccccc4c4ccc(-c5ccc6c7ccc(-c8ccc9c%10ccccc%10n(-c%10ccc%11c(c%10)C(C)(C)c%10ccccc%10-%11)c9c8)cc7n(-c7cccc(-c8nc(-c9ccccc9)nc9c8-c8cccc%10cccc-9c8%10)c7)c6c5)cc43)cc21. The monoisotopic (exact) mass is 1240 g/mol. The molecule has 4 aromatic heterocycles. The van der Waals surface area contributed by atoms with Crippen molar-refractivity contribution in [1.29, 1.82) is 0 Å². The minimum absolute atomic E-state index is 0.135. The Morgan fingerprint density at radius 2 is 0.639 bits per heavy atom. The Labute approximate surface area is 561 Å². The van der Waals surface area contributed by atoms with Gasteiger partial charge in [0.05, 0.1) is 44.5 Å². The summed E-state index contributed by atoms with van der Waals surface area (Å²) < 4.78 is 7.49. The van der Waals surface area contributed by atoms with Gasteiger partial charge in [-0.25, -0.2) is 9.97 Å². The molecule has 18 aromatic rings. The van der Waals surface area contributed by atoms with Gasteiger partial charge in [0.2, 0.25) is 0 Å². The van der Waals surface area contributed by atoms with Gasteiger partial charge in [-0.05, 0) is 156 Å². The van der Waals surface area contributed by atoms with Crippen LogP contribution in [0.15, 0.2) is 297 Å². The average Bonchev–Trinajstić information content (AvgIpc) is 1.59. The molecule has 0 fully saturated rings. The Morgan fingerprint density at radius 1 is 0.247 bits per heavy atom. The molecule has 0 N–H and O–H groups in total. The highest BCUT2D eigenvalue weighted by molar-refractivity contribution is 6.18. The van der Waals surface area contributed by atoms with Crippen molar-refractivity contribution in [1.82, 2.24) is 23.7 Å². The smallest absolute Gasteiger partial charge is 0.160 e. The maximum Gasteiger partial charge on any atom is 0.160 e. The molecule has 0 amide bonds. The normalized spacial score (nSPS) is 13.7. The fourth-order valence-electron chi connectivity index (χ4n) is 17.6. The lowest BCUT2D eigenvalue weighted by Crippen LogP contribution is -2.15. The van der Waals surface area contributed by atoms with Crippen LogP contribution < -0.4 is 0 Å². The fourth-order valence-corrected chi connectivity index (χ4v) is 17.6. The second-order valence-corrected chi connectivity index (χ2v) is 28.0. The van der Waals surface area contributed by atoms with Crippen molar-refractivity contribution in [3.8, 4) is 107 Å². The molecule has 0 saturated carbocycles. The molecule has 4 heterocycles. The summed E-state index contributed by atoms with van der Waals surface area (Å²) in [6, 6.07) is 111. The third kappa shape index (κ3) is 7.59. The highest BCUT2D eigenvalue weighted by Gasteiger charge is 2.38. The topological polar surface area (TPSA) is 40.6 Å². The number of hydrogen-bond donors (Lipinski definition) is 0. The molecule has 3 aliphatic rings. The molecule has 0 aliphatic heterocycles. The molecular weight excluding hydrogens is 1180 g/mol. The summed E-state index contributed by atoms with van der Waals surface area (Å²) >= 11 is 0. The van der Waals surface area contributed by atoms with E-state index in [9.17, 15) is 0 Å². The minimum Gasteiger partial charge on any atom is -0.309 e. The number of hydrogen-bond acceptors (Lipinski definition) is 2. The molecule has 0 saturated heterocycles. The Morgan fingerprint density at radius 3 is 1.16 bits per heavy atom. The molecule has 0 radical (unpaired) electrons. The highest BCUT2D eigenvalue weighted by Crippen LogP contribution is 2.54. The van der Waals surface area contributed by atoms with Gasteiger partial charge in [0.1, 0.15) is 0 Å². The summed E-state index contributed by atoms with van der Waals surface area (Å²) in [5, 5.41) is 9.72. The number of aromatic nitrogens is 5. The summed E-state index contributed by atoms with van der Waals surface area (Å²) in [5.74, 6) is 0.707. The lowest BCUT2D eigenvalue weighted by molar-refractivity contribution is 0.660. The van der Waals surface area contributed by atoms with E-state index in [2.05, 4.69) is 339 Å². The van der Waals surface area contributed by atoms with Crippen LogP contribution in [0.5, 0.6) is 0 Å². The Bertz CT molecular complexity index is 6220. The minimum atomic E-state index is -0.135. The van der Waals surface area contributed by atoms with Gasteiger partial charge in [-0.3, -0.25) is 0 Å². The number of rotatable bonds is 7. The van der Waals surface area contributed by atoms with Crippen LogP contribution in [0.25, 0.3) is 183 Å². The van der Waals surface area contributed by atoms with Gasteiger partial charge < -0.3 is 13.7 Å². The summed E-state index contributed by atoms with van der Waals surface area (Å²) in [6.45, 7) is 9.49. The Hall–Kier alpha value is -12.2. The molecule has 0 bridgehead atoms. The van der Waals surface area contributed by atoms with E-state index >= 15 is 0 Å². The van der Waals surface area contributed by atoms with Crippen molar-refractivity contribution in [3.63, 3.8) is 0 Å². The first-order chi connectivity index (χ1) is 47.6. The van der Waals surface area contributed by atoms with Crippen molar-refractivity contribution < 1.29 is 0 Å². The van der Waals surface area contributed by atoms with Crippen molar-refractivity contribution in [3.05, 3.63) is 320 Å². The third-order valence-electron chi connectivity index (χ3n) is 22.2. The molecule has 0 spiro atoms. The maximum atomic E-state index is 5.59. The molecule has 3 aliphatic carbocycles. The van der Waals surface area contributed by atoms with Crippen LogP contribution >= 0.6 is 0 Å². The van der Waals surface area contributed by atoms with Gasteiger partial charge in [-0.2, -0.15) is 0 Å². The zero-order chi connectivity index (χ0) is 64.2. The van der Waals surface area contributed by atoms with Crippen molar-refractivity contribution in [2.75, 3.05) is 0 Å². The lowest BCUT2D eigenvalue weighted by Gasteiger charge is -2.22. The van der Waals surface area contributed by atoms with Crippen LogP contribution in [0, 0.1) is 0 Å². The zero-order valence-electron chi connectivity index (χ0n) is 54.0. The molecular formula is C92H61N5. The largest absolute Gasteiger partial charge is 0.309 e. The quantitative estimate of drug-likeness (QED) is 0.160. The van der Waals surface area contributed by atoms with Gasteiger partial charge in [-0.15, -0.1) is 0 Å². The second kappa shape index (κ2) is 19.7. The van der Waals surface area contributed by atoms with Gasteiger partial charge in [0.15, 0.2) is 5.82 Å². The van der Waals surface area contributed by atoms with Gasteiger partial charge in [0, 0.05) is 82.5 Å². The first-order valence-electron chi connectivity index (χ1n) is 33.9. The van der Waals surface area contributed by atoms with E-state index in [1.807, 2.05) is 0 Å². The Balaban J connectivity index is 0.770. The summed E-state index contributed by atoms with van der Waals surface area (Å²) in [5.41, 5.74) is 32.7. The first kappa shape index (κ1) is 54.2. The zero-order valence-corrected chi connectivity index (χ0v) is 54.0. The van der Waals surface area contributed by atoms with Crippen LogP contribution in [0.2, 0.25) is 0 Å². The van der Waals surface area contributed by atoms with Gasteiger partial charge >= 0.3 is 0 Å². The van der Waals surface area contributed by atoms with Crippen LogP contribution in [0.4, 0.5) is 0 Å². The van der Waals surface area contributed by atoms with Crippen molar-refractivity contribution in [2.45, 2.75) is 38.5 Å². The number of para-hydroxylation sites is 2. The van der Waals surface area contributed by atoms with E-state index in [0.29, 0.717) is 5.82 Å². The molecule has 0 atom stereocenters. The predicted molar refractivity (Wildman–Crippen MR) is 404 cm³/mol. The van der Waals surface area contributed by atoms with Crippen LogP contribution in [0.3, 0.4) is 0 Å². The van der Waals surface area contributed by atoms with Crippen LogP contribution in [-0.2, 0) is 10.8 Å². The molecule has 97 heavy (non-hydrogen) atoms. The van der Waals surface area contributed by atoms with Crippen molar-refractivity contribution >= 4 is 76.2 Å². The summed E-state index contributed by atoms with van der Waals surface area (Å²) in [7, 11) is 0. The van der Waals surface area contributed by atoms with E-state index in [-0.39, 0.29) is 10.8 Å². The Kier molecular flexibility index (Phi) is 11.0. The van der Waals surface area contributed by atoms with Gasteiger partial charge in [-0.1, -0.05) is 252 Å². The number of fused-ring (bicyclic) bond motifs is 18. The summed E-state index contributed by atoms with van der Waals surface area (Å²) in [4.78, 5) is 11.0. The van der Waals surface area contributed by atoms with E-state index < -0.39 is 0 Å². The standard InChI is InChI=1S/C92H61N5/c1-91(2)76-31-12-8-25-64(76)66-45-39-62(52-78(66)91)95-80-33-14-10-27-68(80)70-41-35-56(48-82(70)95)58-37-43-72-73-44-38-59(57-36-42-71-69-28-11-15-34-81(69)96(83(71)49-57)63-40-46-67-65-26-9-13-32-77(65)92(3,4)79(67)53-63)51-85(73)97(84(72)50-58)61-24-16-23-60(47-61)88-87-74-29-17-21-54-22-18-30-75(86(54)74)89(87)94-90(93-88)55-19-6-5-7-20-55/h5-53H,1-4H3. The van der Waals surface area contributed by atoms with Gasteiger partial charge in [0.25, 0.3) is 0 Å². The molecule has 5 nitrogen and oxygen atoms in total. The lowest BCUT2D eigenvalue weighted by atomic mass is 9.82. The summed E-state index contributed by atoms with van der Waals surface area (Å²) in [6.07, 6.45) is 0. The predicted octanol–water partition coefficient (Wildman–Crippen LogP) is 23.8. The third-order valence-corrected chi connectivity index (χ3v) is 22.2. The van der Waals surface area contributed by atoms with E-state index in [1.165, 1.54) is 121 Å². The fraction of sp³-hybridized carbons (Fsp3) is 0.0652. The number of benzene rings is 14. The molecule has 0 unspecified atom stereocenters. The maximum absolute atomic E-state index is 5.59. The van der Waals surface area contributed by atoms with Crippen LogP contribution in [0.1, 0.15) is 49.9 Å². The first-order valence-corrected chi connectivity index (χ1v) is 33.9. The van der Waals surface area contributed by atoms with Crippen LogP contribution in [-0.4, -0.2) is 23.7 Å². The molecule has 5 heteroatoms. The van der Waals surface area contributed by atoms with Crippen molar-refractivity contribution in [2.24, 2.45) is 0 Å². The van der Waals surface area contributed by atoms with E-state index in [4.69, 9.17) is 9.97 Å². The second-order valence-electron chi connectivity index (χ2n) is 28.0.